The van der Waals surface area contributed by atoms with E-state index in [1.807, 2.05) is 13.8 Å². The molecule has 0 aliphatic heterocycles. The molecule has 0 bridgehead atoms. The maximum absolute atomic E-state index is 13.9. The highest BCUT2D eigenvalue weighted by atomic mass is 19.1. The molecular weight excluding hydrogens is 284 g/mol. The lowest BCUT2D eigenvalue weighted by molar-refractivity contribution is 0.0945. The second-order valence-corrected chi connectivity index (χ2v) is 6.01. The van der Waals surface area contributed by atoms with Crippen molar-refractivity contribution in [1.29, 1.82) is 0 Å². The summed E-state index contributed by atoms with van der Waals surface area (Å²) >= 11 is 0. The maximum Gasteiger partial charge on any atom is 0.251 e. The van der Waals surface area contributed by atoms with Gasteiger partial charge in [0.15, 0.2) is 0 Å². The van der Waals surface area contributed by atoms with Gasteiger partial charge in [0.1, 0.15) is 11.6 Å². The standard InChI is InChI=1S/C18H19F2NO/c1-12-10-13(8-9-15(12)19)17(22)21-11-18(2,3)14-6-4-5-7-16(14)20/h4-10H,11H2,1-3H3,(H,21,22). The Morgan fingerprint density at radius 1 is 1.09 bits per heavy atom. The van der Waals surface area contributed by atoms with Crippen LogP contribution in [0.2, 0.25) is 0 Å². The molecule has 2 rings (SSSR count). The Hall–Kier alpha value is -2.23. The van der Waals surface area contributed by atoms with Crippen LogP contribution in [0.4, 0.5) is 8.78 Å². The Morgan fingerprint density at radius 3 is 2.41 bits per heavy atom. The summed E-state index contributed by atoms with van der Waals surface area (Å²) in [7, 11) is 0. The molecule has 1 N–H and O–H groups in total. The predicted octanol–water partition coefficient (Wildman–Crippen LogP) is 3.98. The van der Waals surface area contributed by atoms with Gasteiger partial charge in [-0.25, -0.2) is 8.78 Å². The number of hydrogen-bond acceptors (Lipinski definition) is 1. The molecule has 0 aliphatic carbocycles. The van der Waals surface area contributed by atoms with Gasteiger partial charge in [0.2, 0.25) is 0 Å². The zero-order valence-electron chi connectivity index (χ0n) is 12.9. The fraction of sp³-hybridized carbons (Fsp3) is 0.278. The number of carbonyl (C=O) groups excluding carboxylic acids is 1. The van der Waals surface area contributed by atoms with Crippen LogP contribution in [0.25, 0.3) is 0 Å². The summed E-state index contributed by atoms with van der Waals surface area (Å²) in [6.45, 7) is 5.61. The highest BCUT2D eigenvalue weighted by molar-refractivity contribution is 5.94. The number of aryl methyl sites for hydroxylation is 1. The highest BCUT2D eigenvalue weighted by Crippen LogP contribution is 2.25. The molecule has 1 amide bonds. The molecule has 0 saturated carbocycles. The van der Waals surface area contributed by atoms with E-state index < -0.39 is 5.41 Å². The Labute approximate surface area is 129 Å². The maximum atomic E-state index is 13.9. The topological polar surface area (TPSA) is 29.1 Å². The molecule has 2 nitrogen and oxygen atoms in total. The number of rotatable bonds is 4. The van der Waals surface area contributed by atoms with E-state index in [9.17, 15) is 13.6 Å². The zero-order chi connectivity index (χ0) is 16.3. The first-order valence-corrected chi connectivity index (χ1v) is 7.10. The largest absolute Gasteiger partial charge is 0.351 e. The van der Waals surface area contributed by atoms with Gasteiger partial charge in [-0.2, -0.15) is 0 Å². The van der Waals surface area contributed by atoms with E-state index in [0.29, 0.717) is 16.7 Å². The zero-order valence-corrected chi connectivity index (χ0v) is 12.9. The summed E-state index contributed by atoms with van der Waals surface area (Å²) < 4.78 is 27.1. The van der Waals surface area contributed by atoms with E-state index in [4.69, 9.17) is 0 Å². The van der Waals surface area contributed by atoms with Gasteiger partial charge in [0, 0.05) is 17.5 Å². The fourth-order valence-corrected chi connectivity index (χ4v) is 2.29. The lowest BCUT2D eigenvalue weighted by Gasteiger charge is -2.26. The highest BCUT2D eigenvalue weighted by Gasteiger charge is 2.24. The Bertz CT molecular complexity index is 695. The summed E-state index contributed by atoms with van der Waals surface area (Å²) in [5.41, 5.74) is 0.811. The van der Waals surface area contributed by atoms with E-state index >= 15 is 0 Å². The second-order valence-electron chi connectivity index (χ2n) is 6.01. The van der Waals surface area contributed by atoms with Crippen molar-refractivity contribution < 1.29 is 13.6 Å². The van der Waals surface area contributed by atoms with Crippen LogP contribution < -0.4 is 5.32 Å². The molecule has 2 aromatic carbocycles. The number of carbonyl (C=O) groups is 1. The van der Waals surface area contributed by atoms with Crippen LogP contribution >= 0.6 is 0 Å². The van der Waals surface area contributed by atoms with E-state index in [-0.39, 0.29) is 24.1 Å². The van der Waals surface area contributed by atoms with Gasteiger partial charge in [-0.05, 0) is 42.3 Å². The molecule has 0 radical (unpaired) electrons. The lowest BCUT2D eigenvalue weighted by Crippen LogP contribution is -2.37. The van der Waals surface area contributed by atoms with Crippen molar-refractivity contribution in [3.63, 3.8) is 0 Å². The van der Waals surface area contributed by atoms with E-state index in [0.717, 1.165) is 0 Å². The van der Waals surface area contributed by atoms with Crippen LogP contribution in [0.5, 0.6) is 0 Å². The number of benzene rings is 2. The van der Waals surface area contributed by atoms with Gasteiger partial charge in [-0.3, -0.25) is 4.79 Å². The van der Waals surface area contributed by atoms with Crippen LogP contribution in [0.15, 0.2) is 42.5 Å². The quantitative estimate of drug-likeness (QED) is 0.909. The molecule has 0 atom stereocenters. The minimum absolute atomic E-state index is 0.281. The van der Waals surface area contributed by atoms with E-state index in [1.54, 1.807) is 25.1 Å². The molecule has 0 spiro atoms. The van der Waals surface area contributed by atoms with Crippen molar-refractivity contribution in [2.75, 3.05) is 6.54 Å². The van der Waals surface area contributed by atoms with Gasteiger partial charge >= 0.3 is 0 Å². The molecule has 116 valence electrons. The van der Waals surface area contributed by atoms with Crippen molar-refractivity contribution in [2.45, 2.75) is 26.2 Å². The molecule has 0 aliphatic rings. The van der Waals surface area contributed by atoms with Gasteiger partial charge < -0.3 is 5.32 Å². The summed E-state index contributed by atoms with van der Waals surface area (Å²) in [5.74, 6) is -0.935. The molecule has 0 fully saturated rings. The first kappa shape index (κ1) is 16.1. The lowest BCUT2D eigenvalue weighted by atomic mass is 9.84. The Kier molecular flexibility index (Phi) is 4.59. The normalized spacial score (nSPS) is 11.3. The fourth-order valence-electron chi connectivity index (χ4n) is 2.29. The minimum Gasteiger partial charge on any atom is -0.351 e. The monoisotopic (exact) mass is 303 g/mol. The molecule has 2 aromatic rings. The molecule has 0 saturated heterocycles. The van der Waals surface area contributed by atoms with Crippen molar-refractivity contribution in [1.82, 2.24) is 5.32 Å². The van der Waals surface area contributed by atoms with Gasteiger partial charge in [-0.1, -0.05) is 32.0 Å². The SMILES string of the molecule is Cc1cc(C(=O)NCC(C)(C)c2ccccc2F)ccc1F. The summed E-state index contributed by atoms with van der Waals surface area (Å²) in [5, 5.41) is 2.78. The average Bonchev–Trinajstić information content (AvgIpc) is 2.48. The number of nitrogens with one attached hydrogen (secondary N) is 1. The first-order valence-electron chi connectivity index (χ1n) is 7.10. The summed E-state index contributed by atoms with van der Waals surface area (Å²) in [6, 6.07) is 10.7. The van der Waals surface area contributed by atoms with E-state index in [1.165, 1.54) is 24.3 Å². The number of hydrogen-bond donors (Lipinski definition) is 1. The first-order chi connectivity index (χ1) is 10.3. The smallest absolute Gasteiger partial charge is 0.251 e. The molecule has 0 aromatic heterocycles. The van der Waals surface area contributed by atoms with Crippen LogP contribution in [-0.2, 0) is 5.41 Å². The number of amides is 1. The third-order valence-electron chi connectivity index (χ3n) is 3.71. The Balaban J connectivity index is 2.10. The van der Waals surface area contributed by atoms with Crippen LogP contribution in [0, 0.1) is 18.6 Å². The van der Waals surface area contributed by atoms with Gasteiger partial charge in [0.25, 0.3) is 5.91 Å². The van der Waals surface area contributed by atoms with Crippen molar-refractivity contribution in [3.8, 4) is 0 Å². The van der Waals surface area contributed by atoms with Crippen LogP contribution in [0.1, 0.15) is 35.3 Å². The third kappa shape index (κ3) is 3.50. The molecule has 0 heterocycles. The summed E-state index contributed by atoms with van der Waals surface area (Å²) in [6.07, 6.45) is 0. The molecule has 22 heavy (non-hydrogen) atoms. The molecule has 4 heteroatoms. The van der Waals surface area contributed by atoms with E-state index in [2.05, 4.69) is 5.32 Å². The Morgan fingerprint density at radius 2 is 1.77 bits per heavy atom. The second kappa shape index (κ2) is 6.26. The van der Waals surface area contributed by atoms with Crippen molar-refractivity contribution in [2.24, 2.45) is 0 Å². The predicted molar refractivity (Wildman–Crippen MR) is 82.9 cm³/mol. The van der Waals surface area contributed by atoms with Crippen molar-refractivity contribution >= 4 is 5.91 Å². The molecular formula is C18H19F2NO. The van der Waals surface area contributed by atoms with Crippen LogP contribution in [-0.4, -0.2) is 12.5 Å². The van der Waals surface area contributed by atoms with Gasteiger partial charge in [-0.15, -0.1) is 0 Å². The summed E-state index contributed by atoms with van der Waals surface area (Å²) in [4.78, 5) is 12.1. The van der Waals surface area contributed by atoms with Gasteiger partial charge in [0.05, 0.1) is 0 Å². The number of halogens is 2. The molecule has 0 unspecified atom stereocenters. The van der Waals surface area contributed by atoms with Crippen molar-refractivity contribution in [3.05, 3.63) is 70.8 Å². The van der Waals surface area contributed by atoms with Crippen LogP contribution in [0.3, 0.4) is 0 Å². The average molecular weight is 303 g/mol. The third-order valence-corrected chi connectivity index (χ3v) is 3.71. The minimum atomic E-state index is -0.546.